The molecular formula is C16H15F4N. The normalized spacial score (nSPS) is 11.5. The first-order chi connectivity index (χ1) is 9.79. The molecule has 0 aliphatic heterocycles. The lowest BCUT2D eigenvalue weighted by Crippen LogP contribution is -2.10. The van der Waals surface area contributed by atoms with Gasteiger partial charge in [-0.25, -0.2) is 4.39 Å². The van der Waals surface area contributed by atoms with Crippen LogP contribution in [0.15, 0.2) is 36.4 Å². The van der Waals surface area contributed by atoms with Crippen molar-refractivity contribution in [2.24, 2.45) is 0 Å². The molecule has 1 nitrogen and oxygen atoms in total. The maximum absolute atomic E-state index is 13.2. The van der Waals surface area contributed by atoms with Gasteiger partial charge in [-0.05, 0) is 48.7 Å². The fourth-order valence-electron chi connectivity index (χ4n) is 2.04. The molecule has 0 bridgehead atoms. The molecule has 0 aromatic heterocycles. The number of alkyl halides is 3. The first kappa shape index (κ1) is 15.4. The van der Waals surface area contributed by atoms with Crippen LogP contribution >= 0.6 is 0 Å². The van der Waals surface area contributed by atoms with Gasteiger partial charge < -0.3 is 5.32 Å². The molecule has 0 heterocycles. The molecule has 0 saturated heterocycles. The quantitative estimate of drug-likeness (QED) is 0.780. The van der Waals surface area contributed by atoms with E-state index in [-0.39, 0.29) is 6.54 Å². The molecule has 0 aliphatic carbocycles. The van der Waals surface area contributed by atoms with Crippen LogP contribution in [0.25, 0.3) is 0 Å². The van der Waals surface area contributed by atoms with Gasteiger partial charge in [0.15, 0.2) is 0 Å². The van der Waals surface area contributed by atoms with Gasteiger partial charge >= 0.3 is 6.18 Å². The van der Waals surface area contributed by atoms with Gasteiger partial charge in [-0.3, -0.25) is 0 Å². The molecule has 2 aromatic rings. The van der Waals surface area contributed by atoms with Gasteiger partial charge in [0.05, 0.1) is 5.56 Å². The topological polar surface area (TPSA) is 12.0 Å². The SMILES string of the molecule is Cc1cccc(NCc2ccc(F)c(C(F)(F)F)c2)c1C. The van der Waals surface area contributed by atoms with E-state index in [1.54, 1.807) is 0 Å². The van der Waals surface area contributed by atoms with Crippen molar-refractivity contribution >= 4 is 5.69 Å². The number of hydrogen-bond acceptors (Lipinski definition) is 1. The second kappa shape index (κ2) is 5.76. The largest absolute Gasteiger partial charge is 0.419 e. The molecule has 0 aliphatic rings. The van der Waals surface area contributed by atoms with Crippen molar-refractivity contribution in [3.8, 4) is 0 Å². The lowest BCUT2D eigenvalue weighted by atomic mass is 10.1. The summed E-state index contributed by atoms with van der Waals surface area (Å²) in [4.78, 5) is 0. The Balaban J connectivity index is 2.19. The first-order valence-corrected chi connectivity index (χ1v) is 6.45. The summed E-state index contributed by atoms with van der Waals surface area (Å²) in [6, 6.07) is 8.73. The maximum Gasteiger partial charge on any atom is 0.419 e. The minimum atomic E-state index is -4.68. The van der Waals surface area contributed by atoms with Crippen molar-refractivity contribution in [1.29, 1.82) is 0 Å². The molecule has 0 unspecified atom stereocenters. The lowest BCUT2D eigenvalue weighted by Gasteiger charge is -2.13. The standard InChI is InChI=1S/C16H15F4N/c1-10-4-3-5-15(11(10)2)21-9-12-6-7-14(17)13(8-12)16(18,19)20/h3-8,21H,9H2,1-2H3. The zero-order valence-corrected chi connectivity index (χ0v) is 11.7. The van der Waals surface area contributed by atoms with Crippen LogP contribution in [0.1, 0.15) is 22.3 Å². The minimum absolute atomic E-state index is 0.202. The number of rotatable bonds is 3. The molecule has 21 heavy (non-hydrogen) atoms. The van der Waals surface area contributed by atoms with Crippen molar-refractivity contribution in [2.75, 3.05) is 5.32 Å². The summed E-state index contributed by atoms with van der Waals surface area (Å²) in [6.45, 7) is 4.09. The van der Waals surface area contributed by atoms with Gasteiger partial charge in [-0.15, -0.1) is 0 Å². The predicted molar refractivity (Wildman–Crippen MR) is 74.6 cm³/mol. The van der Waals surface area contributed by atoms with Crippen LogP contribution in [0.3, 0.4) is 0 Å². The first-order valence-electron chi connectivity index (χ1n) is 6.45. The highest BCUT2D eigenvalue weighted by atomic mass is 19.4. The predicted octanol–water partition coefficient (Wildman–Crippen LogP) is 5.07. The Kier molecular flexibility index (Phi) is 4.21. The summed E-state index contributed by atoms with van der Waals surface area (Å²) in [6.07, 6.45) is -4.68. The van der Waals surface area contributed by atoms with E-state index >= 15 is 0 Å². The third-order valence-corrected chi connectivity index (χ3v) is 3.42. The molecule has 1 N–H and O–H groups in total. The summed E-state index contributed by atoms with van der Waals surface area (Å²) < 4.78 is 51.2. The van der Waals surface area contributed by atoms with Crippen molar-refractivity contribution < 1.29 is 17.6 Å². The van der Waals surface area contributed by atoms with Gasteiger partial charge in [-0.2, -0.15) is 13.2 Å². The number of anilines is 1. The zero-order valence-electron chi connectivity index (χ0n) is 11.7. The molecule has 0 spiro atoms. The van der Waals surface area contributed by atoms with Crippen molar-refractivity contribution in [2.45, 2.75) is 26.6 Å². The van der Waals surface area contributed by atoms with E-state index in [2.05, 4.69) is 5.32 Å². The Morgan fingerprint density at radius 1 is 1.05 bits per heavy atom. The highest BCUT2D eigenvalue weighted by molar-refractivity contribution is 5.54. The van der Waals surface area contributed by atoms with E-state index < -0.39 is 17.6 Å². The zero-order chi connectivity index (χ0) is 15.6. The van der Waals surface area contributed by atoms with E-state index in [1.165, 1.54) is 6.07 Å². The van der Waals surface area contributed by atoms with Crippen molar-refractivity contribution in [3.05, 3.63) is 64.5 Å². The molecule has 5 heteroatoms. The lowest BCUT2D eigenvalue weighted by molar-refractivity contribution is -0.140. The van der Waals surface area contributed by atoms with Crippen molar-refractivity contribution in [3.63, 3.8) is 0 Å². The van der Waals surface area contributed by atoms with E-state index in [0.29, 0.717) is 5.56 Å². The molecule has 0 amide bonds. The van der Waals surface area contributed by atoms with Crippen LogP contribution in [0.4, 0.5) is 23.2 Å². The molecular weight excluding hydrogens is 282 g/mol. The fourth-order valence-corrected chi connectivity index (χ4v) is 2.04. The fraction of sp³-hybridized carbons (Fsp3) is 0.250. The maximum atomic E-state index is 13.2. The van der Waals surface area contributed by atoms with Gasteiger partial charge in [0, 0.05) is 12.2 Å². The Hall–Kier alpha value is -2.04. The minimum Gasteiger partial charge on any atom is -0.381 e. The van der Waals surface area contributed by atoms with Crippen LogP contribution in [0, 0.1) is 19.7 Å². The van der Waals surface area contributed by atoms with Crippen LogP contribution in [-0.2, 0) is 12.7 Å². The molecule has 2 rings (SSSR count). The average molecular weight is 297 g/mol. The smallest absolute Gasteiger partial charge is 0.381 e. The summed E-state index contributed by atoms with van der Waals surface area (Å²) in [7, 11) is 0. The molecule has 0 radical (unpaired) electrons. The second-order valence-electron chi connectivity index (χ2n) is 4.91. The summed E-state index contributed by atoms with van der Waals surface area (Å²) >= 11 is 0. The highest BCUT2D eigenvalue weighted by Gasteiger charge is 2.34. The third-order valence-electron chi connectivity index (χ3n) is 3.42. The van der Waals surface area contributed by atoms with E-state index in [4.69, 9.17) is 0 Å². The van der Waals surface area contributed by atoms with Gasteiger partial charge in [-0.1, -0.05) is 18.2 Å². The Morgan fingerprint density at radius 2 is 1.76 bits per heavy atom. The number of benzene rings is 2. The third kappa shape index (κ3) is 3.54. The summed E-state index contributed by atoms with van der Waals surface area (Å²) in [5.74, 6) is -1.25. The molecule has 0 fully saturated rings. The number of aryl methyl sites for hydroxylation is 1. The average Bonchev–Trinajstić information content (AvgIpc) is 2.40. The second-order valence-corrected chi connectivity index (χ2v) is 4.91. The summed E-state index contributed by atoms with van der Waals surface area (Å²) in [5.41, 5.74) is 2.13. The highest BCUT2D eigenvalue weighted by Crippen LogP contribution is 2.32. The molecule has 2 aromatic carbocycles. The van der Waals surface area contributed by atoms with Crippen molar-refractivity contribution in [1.82, 2.24) is 0 Å². The Labute approximate surface area is 120 Å². The van der Waals surface area contributed by atoms with Crippen LogP contribution in [0.5, 0.6) is 0 Å². The monoisotopic (exact) mass is 297 g/mol. The Bertz CT molecular complexity index is 647. The van der Waals surface area contributed by atoms with Gasteiger partial charge in [0.25, 0.3) is 0 Å². The van der Waals surface area contributed by atoms with E-state index in [9.17, 15) is 17.6 Å². The number of halogens is 4. The Morgan fingerprint density at radius 3 is 2.43 bits per heavy atom. The van der Waals surface area contributed by atoms with Crippen LogP contribution < -0.4 is 5.32 Å². The molecule has 0 saturated carbocycles. The van der Waals surface area contributed by atoms with Gasteiger partial charge in [0.1, 0.15) is 5.82 Å². The van der Waals surface area contributed by atoms with E-state index in [1.807, 2.05) is 32.0 Å². The van der Waals surface area contributed by atoms with Gasteiger partial charge in [0.2, 0.25) is 0 Å². The number of hydrogen-bond donors (Lipinski definition) is 1. The molecule has 112 valence electrons. The van der Waals surface area contributed by atoms with E-state index in [0.717, 1.165) is 28.9 Å². The van der Waals surface area contributed by atoms with Crippen LogP contribution in [0.2, 0.25) is 0 Å². The molecule has 0 atom stereocenters. The summed E-state index contributed by atoms with van der Waals surface area (Å²) in [5, 5.41) is 3.08. The van der Waals surface area contributed by atoms with Crippen LogP contribution in [-0.4, -0.2) is 0 Å². The number of nitrogens with one attached hydrogen (secondary N) is 1.